The molecule has 0 bridgehead atoms. The average molecular weight is 411 g/mol. The summed E-state index contributed by atoms with van der Waals surface area (Å²) in [4.78, 5) is 12.8. The molecule has 3 rings (SSSR count). The van der Waals surface area contributed by atoms with Gasteiger partial charge >= 0.3 is 0 Å². The summed E-state index contributed by atoms with van der Waals surface area (Å²) in [5, 5.41) is 5.25. The van der Waals surface area contributed by atoms with E-state index in [1.807, 2.05) is 51.1 Å². The second-order valence-electron chi connectivity index (χ2n) is 7.44. The van der Waals surface area contributed by atoms with E-state index in [0.29, 0.717) is 5.56 Å². The molecule has 29 heavy (non-hydrogen) atoms. The number of carbonyl (C=O) groups is 1. The lowest BCUT2D eigenvalue weighted by atomic mass is 10.0. The van der Waals surface area contributed by atoms with Crippen LogP contribution in [0.2, 0.25) is 0 Å². The first kappa shape index (κ1) is 21.0. The molecule has 0 spiro atoms. The van der Waals surface area contributed by atoms with Gasteiger partial charge in [-0.3, -0.25) is 4.79 Å². The molecule has 0 aliphatic heterocycles. The normalized spacial score (nSPS) is 13.0. The summed E-state index contributed by atoms with van der Waals surface area (Å²) in [5.74, 6) is -0.244. The first-order chi connectivity index (χ1) is 13.7. The van der Waals surface area contributed by atoms with Crippen LogP contribution in [0.15, 0.2) is 71.6 Å². The highest BCUT2D eigenvalue weighted by Crippen LogP contribution is 2.21. The number of nitrogens with zero attached hydrogens (tertiary/aromatic N) is 1. The molecule has 0 aliphatic rings. The summed E-state index contributed by atoms with van der Waals surface area (Å²) >= 11 is 0. The molecule has 0 saturated carbocycles. The molecule has 1 atom stereocenters. The molecule has 1 N–H and O–H groups in total. The van der Waals surface area contributed by atoms with E-state index in [-0.39, 0.29) is 22.9 Å². The third-order valence-electron chi connectivity index (χ3n) is 5.14. The van der Waals surface area contributed by atoms with Gasteiger partial charge in [0.15, 0.2) is 0 Å². The van der Waals surface area contributed by atoms with E-state index < -0.39 is 10.0 Å². The van der Waals surface area contributed by atoms with E-state index >= 15 is 0 Å². The Morgan fingerprint density at radius 3 is 2.14 bits per heavy atom. The smallest absolute Gasteiger partial charge is 0.251 e. The minimum atomic E-state index is -3.57. The number of benzene rings is 3. The first-order valence-corrected chi connectivity index (χ1v) is 11.0. The zero-order valence-corrected chi connectivity index (χ0v) is 17.9. The topological polar surface area (TPSA) is 66.5 Å². The molecular weight excluding hydrogens is 384 g/mol. The van der Waals surface area contributed by atoms with Crippen molar-refractivity contribution in [2.24, 2.45) is 0 Å². The Balaban J connectivity index is 1.74. The Morgan fingerprint density at radius 2 is 1.52 bits per heavy atom. The molecule has 3 aromatic rings. The molecule has 6 heteroatoms. The molecule has 0 aliphatic carbocycles. The van der Waals surface area contributed by atoms with Gasteiger partial charge in [0, 0.05) is 18.7 Å². The lowest BCUT2D eigenvalue weighted by molar-refractivity contribution is 0.0940. The molecular formula is C23H26N2O3S. The number of rotatable bonds is 6. The highest BCUT2D eigenvalue weighted by atomic mass is 32.2. The van der Waals surface area contributed by atoms with Crippen molar-refractivity contribution in [2.45, 2.75) is 37.8 Å². The second-order valence-corrected chi connectivity index (χ2v) is 9.44. The van der Waals surface area contributed by atoms with Gasteiger partial charge in [-0.05, 0) is 67.4 Å². The standard InChI is InChI=1S/C23H26N2O3S/c1-16(2)25(4)29(27,28)22-13-11-19(12-14-22)23(26)24-17(3)20-10-9-18-7-5-6-8-21(18)15-20/h5-17H,1-4H3,(H,24,26). The third kappa shape index (κ3) is 4.49. The summed E-state index contributed by atoms with van der Waals surface area (Å²) in [6.45, 7) is 5.56. The van der Waals surface area contributed by atoms with Gasteiger partial charge in [-0.15, -0.1) is 0 Å². The van der Waals surface area contributed by atoms with Gasteiger partial charge in [-0.25, -0.2) is 8.42 Å². The maximum absolute atomic E-state index is 12.6. The Morgan fingerprint density at radius 1 is 0.897 bits per heavy atom. The van der Waals surface area contributed by atoms with Crippen LogP contribution >= 0.6 is 0 Å². The summed E-state index contributed by atoms with van der Waals surface area (Å²) < 4.78 is 26.4. The summed E-state index contributed by atoms with van der Waals surface area (Å²) in [5.41, 5.74) is 1.43. The number of fused-ring (bicyclic) bond motifs is 1. The van der Waals surface area contributed by atoms with Crippen molar-refractivity contribution >= 4 is 26.7 Å². The molecule has 0 heterocycles. The lowest BCUT2D eigenvalue weighted by Crippen LogP contribution is -2.33. The Kier molecular flexibility index (Phi) is 6.05. The molecule has 0 fully saturated rings. The van der Waals surface area contributed by atoms with Gasteiger partial charge in [0.05, 0.1) is 10.9 Å². The van der Waals surface area contributed by atoms with E-state index in [0.717, 1.165) is 16.3 Å². The molecule has 1 unspecified atom stereocenters. The van der Waals surface area contributed by atoms with Crippen LogP contribution in [0.3, 0.4) is 0 Å². The van der Waals surface area contributed by atoms with Crippen molar-refractivity contribution in [1.82, 2.24) is 9.62 Å². The van der Waals surface area contributed by atoms with Gasteiger partial charge in [0.25, 0.3) is 5.91 Å². The van der Waals surface area contributed by atoms with E-state index in [1.165, 1.54) is 16.4 Å². The zero-order valence-electron chi connectivity index (χ0n) is 17.1. The number of hydrogen-bond donors (Lipinski definition) is 1. The third-order valence-corrected chi connectivity index (χ3v) is 7.19. The first-order valence-electron chi connectivity index (χ1n) is 9.58. The monoisotopic (exact) mass is 410 g/mol. The van der Waals surface area contributed by atoms with Crippen LogP contribution in [0.5, 0.6) is 0 Å². The number of amides is 1. The van der Waals surface area contributed by atoms with Crippen LogP contribution in [-0.4, -0.2) is 31.7 Å². The van der Waals surface area contributed by atoms with Crippen LogP contribution in [-0.2, 0) is 10.0 Å². The van der Waals surface area contributed by atoms with Crippen LogP contribution in [0, 0.1) is 0 Å². The van der Waals surface area contributed by atoms with Gasteiger partial charge in [-0.2, -0.15) is 4.31 Å². The Bertz CT molecular complexity index is 1120. The van der Waals surface area contributed by atoms with Crippen LogP contribution in [0.1, 0.15) is 42.7 Å². The molecule has 1 amide bonds. The summed E-state index contributed by atoms with van der Waals surface area (Å²) in [7, 11) is -2.02. The predicted molar refractivity (Wildman–Crippen MR) is 116 cm³/mol. The number of sulfonamides is 1. The molecule has 5 nitrogen and oxygen atoms in total. The minimum absolute atomic E-state index is 0.147. The average Bonchev–Trinajstić information content (AvgIpc) is 2.72. The Labute approximate surface area is 172 Å². The van der Waals surface area contributed by atoms with E-state index in [9.17, 15) is 13.2 Å². The fourth-order valence-corrected chi connectivity index (χ4v) is 4.43. The van der Waals surface area contributed by atoms with Crippen molar-refractivity contribution in [3.8, 4) is 0 Å². The van der Waals surface area contributed by atoms with Crippen molar-refractivity contribution in [3.63, 3.8) is 0 Å². The number of carbonyl (C=O) groups excluding carboxylic acids is 1. The largest absolute Gasteiger partial charge is 0.346 e. The molecule has 0 aromatic heterocycles. The summed E-state index contributed by atoms with van der Waals surface area (Å²) in [6.07, 6.45) is 0. The second kappa shape index (κ2) is 8.35. The van der Waals surface area contributed by atoms with Crippen molar-refractivity contribution in [3.05, 3.63) is 77.9 Å². The van der Waals surface area contributed by atoms with Crippen LogP contribution in [0.4, 0.5) is 0 Å². The predicted octanol–water partition coefficient (Wildman–Crippen LogP) is 4.36. The van der Waals surface area contributed by atoms with Crippen molar-refractivity contribution in [1.29, 1.82) is 0 Å². The molecule has 152 valence electrons. The maximum Gasteiger partial charge on any atom is 0.251 e. The van der Waals surface area contributed by atoms with Gasteiger partial charge < -0.3 is 5.32 Å². The molecule has 0 radical (unpaired) electrons. The fraction of sp³-hybridized carbons (Fsp3) is 0.261. The lowest BCUT2D eigenvalue weighted by Gasteiger charge is -2.21. The molecule has 3 aromatic carbocycles. The van der Waals surface area contributed by atoms with Crippen LogP contribution < -0.4 is 5.32 Å². The van der Waals surface area contributed by atoms with Crippen molar-refractivity contribution in [2.75, 3.05) is 7.05 Å². The highest BCUT2D eigenvalue weighted by molar-refractivity contribution is 7.89. The van der Waals surface area contributed by atoms with Crippen molar-refractivity contribution < 1.29 is 13.2 Å². The highest BCUT2D eigenvalue weighted by Gasteiger charge is 2.23. The van der Waals surface area contributed by atoms with Gasteiger partial charge in [-0.1, -0.05) is 36.4 Å². The van der Waals surface area contributed by atoms with E-state index in [4.69, 9.17) is 0 Å². The fourth-order valence-electron chi connectivity index (χ4n) is 3.06. The van der Waals surface area contributed by atoms with Crippen LogP contribution in [0.25, 0.3) is 10.8 Å². The quantitative estimate of drug-likeness (QED) is 0.657. The van der Waals surface area contributed by atoms with Gasteiger partial charge in [0.2, 0.25) is 10.0 Å². The maximum atomic E-state index is 12.6. The summed E-state index contributed by atoms with van der Waals surface area (Å²) in [6, 6.07) is 19.9. The molecule has 0 saturated heterocycles. The number of nitrogens with one attached hydrogen (secondary N) is 1. The SMILES string of the molecule is CC(NC(=O)c1ccc(S(=O)(=O)N(C)C(C)C)cc1)c1ccc2ccccc2c1. The minimum Gasteiger partial charge on any atom is -0.346 e. The van der Waals surface area contributed by atoms with E-state index in [1.54, 1.807) is 19.2 Å². The Hall–Kier alpha value is -2.70. The van der Waals surface area contributed by atoms with E-state index in [2.05, 4.69) is 17.4 Å². The van der Waals surface area contributed by atoms with Gasteiger partial charge in [0.1, 0.15) is 0 Å². The number of hydrogen-bond acceptors (Lipinski definition) is 3. The zero-order chi connectivity index (χ0) is 21.2.